The molecule has 0 bridgehead atoms. The third-order valence-corrected chi connectivity index (χ3v) is 4.62. The molecule has 0 aromatic heterocycles. The lowest BCUT2D eigenvalue weighted by atomic mass is 10.2. The van der Waals surface area contributed by atoms with Gasteiger partial charge >= 0.3 is 0 Å². The van der Waals surface area contributed by atoms with Crippen molar-refractivity contribution < 1.29 is 20.8 Å². The molecule has 78 valence electrons. The van der Waals surface area contributed by atoms with Gasteiger partial charge in [0.15, 0.2) is 9.84 Å². The number of halogens is 1. The minimum Gasteiger partial charge on any atom is -1.00 e. The van der Waals surface area contributed by atoms with E-state index in [9.17, 15) is 8.42 Å². The molecule has 5 heteroatoms. The molecule has 0 N–H and O–H groups in total. The number of likely N-dealkylation sites (tertiary alicyclic amines) is 1. The molecule has 0 saturated carbocycles. The van der Waals surface area contributed by atoms with E-state index in [0.717, 1.165) is 19.5 Å². The van der Waals surface area contributed by atoms with Crippen LogP contribution in [-0.2, 0) is 9.84 Å². The Bertz CT molecular complexity index is 259. The van der Waals surface area contributed by atoms with Crippen molar-refractivity contribution in [1.82, 2.24) is 4.90 Å². The van der Waals surface area contributed by atoms with Crippen LogP contribution in [0.25, 0.3) is 0 Å². The van der Waals surface area contributed by atoms with Crippen molar-refractivity contribution in [3.8, 4) is 0 Å². The van der Waals surface area contributed by atoms with E-state index in [1.165, 1.54) is 12.8 Å². The third kappa shape index (κ3) is 2.58. The molecule has 2 aliphatic heterocycles. The molecule has 0 aromatic rings. The van der Waals surface area contributed by atoms with Gasteiger partial charge in [-0.3, -0.25) is 4.90 Å². The Morgan fingerprint density at radius 3 is 2.23 bits per heavy atom. The first kappa shape index (κ1) is 11.3. The largest absolute Gasteiger partial charge is 1.00 e. The van der Waals surface area contributed by atoms with Gasteiger partial charge in [-0.15, -0.1) is 0 Å². The second-order valence-electron chi connectivity index (χ2n) is 3.80. The average molecular weight is 225 g/mol. The molecule has 2 aliphatic rings. The van der Waals surface area contributed by atoms with Gasteiger partial charge < -0.3 is 12.4 Å². The molecule has 0 radical (unpaired) electrons. The predicted octanol–water partition coefficient (Wildman–Crippen LogP) is -2.73. The Morgan fingerprint density at radius 2 is 1.77 bits per heavy atom. The maximum absolute atomic E-state index is 11.2. The SMILES string of the molecule is O=S1(=O)CCC(N2CCCC2)C1.[Cl-]. The molecular weight excluding hydrogens is 210 g/mol. The van der Waals surface area contributed by atoms with Gasteiger partial charge in [-0.05, 0) is 32.4 Å². The van der Waals surface area contributed by atoms with E-state index in [0.29, 0.717) is 17.5 Å². The highest BCUT2D eigenvalue weighted by Gasteiger charge is 2.32. The molecule has 0 aliphatic carbocycles. The van der Waals surface area contributed by atoms with Gasteiger partial charge in [-0.1, -0.05) is 0 Å². The van der Waals surface area contributed by atoms with Crippen LogP contribution in [0.5, 0.6) is 0 Å². The maximum atomic E-state index is 11.2. The van der Waals surface area contributed by atoms with Crippen LogP contribution >= 0.6 is 0 Å². The van der Waals surface area contributed by atoms with Crippen LogP contribution in [0.1, 0.15) is 19.3 Å². The van der Waals surface area contributed by atoms with E-state index in [1.807, 2.05) is 0 Å². The fourth-order valence-corrected chi connectivity index (χ4v) is 3.93. The topological polar surface area (TPSA) is 37.4 Å². The van der Waals surface area contributed by atoms with Crippen LogP contribution in [0, 0.1) is 0 Å². The molecule has 2 saturated heterocycles. The third-order valence-electron chi connectivity index (χ3n) is 2.87. The zero-order chi connectivity index (χ0) is 8.60. The Morgan fingerprint density at radius 1 is 1.15 bits per heavy atom. The summed E-state index contributed by atoms with van der Waals surface area (Å²) < 4.78 is 22.3. The van der Waals surface area contributed by atoms with Gasteiger partial charge in [0.25, 0.3) is 0 Å². The summed E-state index contributed by atoms with van der Waals surface area (Å²) in [4.78, 5) is 2.34. The Kier molecular flexibility index (Phi) is 3.60. The zero-order valence-corrected chi connectivity index (χ0v) is 9.15. The normalized spacial score (nSPS) is 33.1. The van der Waals surface area contributed by atoms with Crippen LogP contribution in [0.15, 0.2) is 0 Å². The fourth-order valence-electron chi connectivity index (χ4n) is 2.17. The maximum Gasteiger partial charge on any atom is 0.151 e. The summed E-state index contributed by atoms with van der Waals surface area (Å²) in [6.45, 7) is 2.22. The highest BCUT2D eigenvalue weighted by atomic mass is 35.5. The molecule has 0 amide bonds. The predicted molar refractivity (Wildman–Crippen MR) is 47.9 cm³/mol. The summed E-state index contributed by atoms with van der Waals surface area (Å²) in [5.41, 5.74) is 0. The Balaban J connectivity index is 0.000000845. The lowest BCUT2D eigenvalue weighted by molar-refractivity contribution is -0.00000503. The van der Waals surface area contributed by atoms with Gasteiger partial charge in [0.2, 0.25) is 0 Å². The van der Waals surface area contributed by atoms with Crippen LogP contribution in [0.3, 0.4) is 0 Å². The average Bonchev–Trinajstić information content (AvgIpc) is 2.55. The number of hydrogen-bond acceptors (Lipinski definition) is 3. The van der Waals surface area contributed by atoms with Crippen molar-refractivity contribution >= 4 is 9.84 Å². The number of nitrogens with zero attached hydrogens (tertiary/aromatic N) is 1. The zero-order valence-electron chi connectivity index (χ0n) is 7.58. The number of rotatable bonds is 1. The quantitative estimate of drug-likeness (QED) is 0.486. The summed E-state index contributed by atoms with van der Waals surface area (Å²) in [6, 6.07) is 0.345. The highest BCUT2D eigenvalue weighted by Crippen LogP contribution is 2.21. The first-order valence-corrected chi connectivity index (χ1v) is 6.44. The monoisotopic (exact) mass is 224 g/mol. The molecule has 0 aromatic carbocycles. The minimum absolute atomic E-state index is 0. The molecular formula is C8H15ClNO2S-. The summed E-state index contributed by atoms with van der Waals surface area (Å²) in [5, 5.41) is 0. The fraction of sp³-hybridized carbons (Fsp3) is 1.00. The van der Waals surface area contributed by atoms with Gasteiger partial charge in [-0.2, -0.15) is 0 Å². The van der Waals surface area contributed by atoms with E-state index < -0.39 is 9.84 Å². The lowest BCUT2D eigenvalue weighted by Gasteiger charge is -2.21. The van der Waals surface area contributed by atoms with Gasteiger partial charge in [0, 0.05) is 6.04 Å². The van der Waals surface area contributed by atoms with E-state index in [-0.39, 0.29) is 12.4 Å². The molecule has 0 spiro atoms. The van der Waals surface area contributed by atoms with E-state index in [4.69, 9.17) is 0 Å². The molecule has 13 heavy (non-hydrogen) atoms. The van der Waals surface area contributed by atoms with Gasteiger partial charge in [0.1, 0.15) is 0 Å². The summed E-state index contributed by atoms with van der Waals surface area (Å²) >= 11 is 0. The second kappa shape index (κ2) is 4.15. The lowest BCUT2D eigenvalue weighted by Crippen LogP contribution is -3.00. The van der Waals surface area contributed by atoms with Crippen molar-refractivity contribution in [2.75, 3.05) is 24.6 Å². The van der Waals surface area contributed by atoms with Crippen molar-refractivity contribution in [2.45, 2.75) is 25.3 Å². The first-order chi connectivity index (χ1) is 5.67. The second-order valence-corrected chi connectivity index (χ2v) is 6.03. The summed E-state index contributed by atoms with van der Waals surface area (Å²) in [7, 11) is -2.67. The molecule has 3 nitrogen and oxygen atoms in total. The van der Waals surface area contributed by atoms with Gasteiger partial charge in [-0.25, -0.2) is 8.42 Å². The van der Waals surface area contributed by atoms with E-state index in [2.05, 4.69) is 4.90 Å². The van der Waals surface area contributed by atoms with Crippen LogP contribution < -0.4 is 12.4 Å². The van der Waals surface area contributed by atoms with Crippen molar-refractivity contribution in [2.24, 2.45) is 0 Å². The highest BCUT2D eigenvalue weighted by molar-refractivity contribution is 7.91. The molecule has 2 fully saturated rings. The van der Waals surface area contributed by atoms with Crippen LogP contribution in [0.4, 0.5) is 0 Å². The van der Waals surface area contributed by atoms with E-state index in [1.54, 1.807) is 0 Å². The van der Waals surface area contributed by atoms with Crippen LogP contribution in [0.2, 0.25) is 0 Å². The summed E-state index contributed by atoms with van der Waals surface area (Å²) in [5.74, 6) is 0.821. The van der Waals surface area contributed by atoms with Crippen molar-refractivity contribution in [1.29, 1.82) is 0 Å². The Hall–Kier alpha value is 0.200. The standard InChI is InChI=1S/C8H15NO2S.ClH/c10-12(11)6-3-8(7-12)9-4-1-2-5-9;/h8H,1-7H2;1H/p-1. The molecule has 1 atom stereocenters. The smallest absolute Gasteiger partial charge is 0.151 e. The molecule has 2 rings (SSSR count). The van der Waals surface area contributed by atoms with Gasteiger partial charge in [0.05, 0.1) is 11.5 Å². The molecule has 2 heterocycles. The number of hydrogen-bond donors (Lipinski definition) is 0. The number of sulfone groups is 1. The summed E-state index contributed by atoms with van der Waals surface area (Å²) in [6.07, 6.45) is 3.36. The van der Waals surface area contributed by atoms with Crippen LogP contribution in [-0.4, -0.2) is 44.0 Å². The van der Waals surface area contributed by atoms with Crippen molar-refractivity contribution in [3.05, 3.63) is 0 Å². The van der Waals surface area contributed by atoms with Crippen molar-refractivity contribution in [3.63, 3.8) is 0 Å². The first-order valence-electron chi connectivity index (χ1n) is 4.62. The molecule has 1 unspecified atom stereocenters. The minimum atomic E-state index is -2.67. The van der Waals surface area contributed by atoms with E-state index >= 15 is 0 Å². The Labute approximate surface area is 85.8 Å².